The molecule has 0 spiro atoms. The van der Waals surface area contributed by atoms with E-state index < -0.39 is 33.4 Å². The Kier molecular flexibility index (Phi) is 7.16. The smallest absolute Gasteiger partial charge is 0.312 e. The predicted molar refractivity (Wildman–Crippen MR) is 154 cm³/mol. The Bertz CT molecular complexity index is 1190. The lowest BCUT2D eigenvalue weighted by Gasteiger charge is -2.62. The van der Waals surface area contributed by atoms with Gasteiger partial charge < -0.3 is 9.47 Å². The van der Waals surface area contributed by atoms with E-state index >= 15 is 0 Å². The van der Waals surface area contributed by atoms with Crippen LogP contribution < -0.4 is 0 Å². The third-order valence-corrected chi connectivity index (χ3v) is 12.6. The van der Waals surface area contributed by atoms with E-state index in [1.54, 1.807) is 13.0 Å². The Morgan fingerprint density at radius 1 is 1.12 bits per heavy atom. The number of ether oxygens (including phenoxy) is 2. The van der Waals surface area contributed by atoms with Crippen molar-refractivity contribution < 1.29 is 23.9 Å². The topological polar surface area (TPSA) is 96.8 Å². The van der Waals surface area contributed by atoms with Crippen LogP contribution in [-0.4, -0.2) is 36.4 Å². The third kappa shape index (κ3) is 4.08. The number of hydrogen-bond acceptors (Lipinski definition) is 6. The monoisotopic (exact) mass is 553 g/mol. The van der Waals surface area contributed by atoms with E-state index in [9.17, 15) is 19.6 Å². The fraction of sp³-hybridized carbons (Fsp3) is 0.824. The van der Waals surface area contributed by atoms with Crippen molar-refractivity contribution in [3.63, 3.8) is 0 Å². The van der Waals surface area contributed by atoms with Crippen molar-refractivity contribution in [3.05, 3.63) is 11.6 Å². The molecule has 222 valence electrons. The van der Waals surface area contributed by atoms with E-state index in [2.05, 4.69) is 54.5 Å². The highest BCUT2D eigenvalue weighted by atomic mass is 16.6. The van der Waals surface area contributed by atoms with Gasteiger partial charge in [0, 0.05) is 10.8 Å². The molecule has 40 heavy (non-hydrogen) atoms. The summed E-state index contributed by atoms with van der Waals surface area (Å²) in [6, 6.07) is 2.23. The van der Waals surface area contributed by atoms with Crippen molar-refractivity contribution in [2.75, 3.05) is 7.11 Å². The molecule has 7 atom stereocenters. The molecule has 4 rings (SSSR count). The maximum atomic E-state index is 13.5. The van der Waals surface area contributed by atoms with Crippen LogP contribution in [0.15, 0.2) is 11.6 Å². The summed E-state index contributed by atoms with van der Waals surface area (Å²) in [4.78, 5) is 39.7. The van der Waals surface area contributed by atoms with Crippen LogP contribution in [0.4, 0.5) is 0 Å². The van der Waals surface area contributed by atoms with Gasteiger partial charge in [-0.2, -0.15) is 5.26 Å². The number of fused-ring (bicyclic) bond motifs is 3. The molecule has 4 fully saturated rings. The summed E-state index contributed by atoms with van der Waals surface area (Å²) >= 11 is 0. The third-order valence-electron chi connectivity index (χ3n) is 12.6. The van der Waals surface area contributed by atoms with Crippen LogP contribution in [0.3, 0.4) is 0 Å². The molecule has 0 aromatic rings. The molecule has 0 amide bonds. The van der Waals surface area contributed by atoms with Crippen molar-refractivity contribution >= 4 is 17.5 Å². The van der Waals surface area contributed by atoms with Gasteiger partial charge in [-0.05, 0) is 86.0 Å². The van der Waals surface area contributed by atoms with E-state index in [-0.39, 0.29) is 40.2 Å². The normalized spacial score (nSPS) is 42.8. The van der Waals surface area contributed by atoms with Gasteiger partial charge in [0.25, 0.3) is 0 Å². The average molecular weight is 554 g/mol. The first-order chi connectivity index (χ1) is 18.2. The summed E-state index contributed by atoms with van der Waals surface area (Å²) in [5.41, 5.74) is -2.84. The summed E-state index contributed by atoms with van der Waals surface area (Å²) in [5, 5.41) is 10.1. The number of nitriles is 1. The predicted octanol–water partition coefficient (Wildman–Crippen LogP) is 7.01. The molecule has 0 aromatic carbocycles. The van der Waals surface area contributed by atoms with Gasteiger partial charge in [0.2, 0.25) is 5.60 Å². The van der Waals surface area contributed by atoms with Crippen LogP contribution in [-0.2, 0) is 23.9 Å². The van der Waals surface area contributed by atoms with Crippen molar-refractivity contribution in [3.8, 4) is 6.07 Å². The first kappa shape index (κ1) is 30.9. The molecule has 6 heteroatoms. The molecule has 1 aliphatic heterocycles. The van der Waals surface area contributed by atoms with Crippen molar-refractivity contribution in [1.29, 1.82) is 5.26 Å². The molecular weight excluding hydrogens is 502 g/mol. The highest BCUT2D eigenvalue weighted by Gasteiger charge is 2.81. The number of nitrogens with zero attached hydrogens (tertiary/aromatic N) is 1. The molecule has 0 radical (unpaired) electrons. The molecule has 1 heterocycles. The zero-order valence-corrected chi connectivity index (χ0v) is 26.7. The lowest BCUT2D eigenvalue weighted by molar-refractivity contribution is -0.163. The summed E-state index contributed by atoms with van der Waals surface area (Å²) < 4.78 is 11.5. The summed E-state index contributed by atoms with van der Waals surface area (Å²) in [6.07, 6.45) is 7.13. The number of allylic oxidation sites excluding steroid dienone is 1. The van der Waals surface area contributed by atoms with Gasteiger partial charge in [-0.15, -0.1) is 0 Å². The van der Waals surface area contributed by atoms with E-state index in [0.717, 1.165) is 50.5 Å². The molecule has 6 nitrogen and oxygen atoms in total. The fourth-order valence-electron chi connectivity index (χ4n) is 9.67. The molecule has 3 saturated carbocycles. The number of rotatable bonds is 6. The van der Waals surface area contributed by atoms with E-state index in [0.29, 0.717) is 0 Å². The molecule has 3 aliphatic carbocycles. The Labute approximate surface area is 241 Å². The largest absolute Gasteiger partial charge is 0.469 e. The number of esters is 1. The van der Waals surface area contributed by atoms with E-state index in [1.807, 2.05) is 13.8 Å². The van der Waals surface area contributed by atoms with Gasteiger partial charge >= 0.3 is 5.97 Å². The summed E-state index contributed by atoms with van der Waals surface area (Å²) in [6.45, 7) is 21.1. The Morgan fingerprint density at radius 3 is 2.27 bits per heavy atom. The number of hydrogen-bond donors (Lipinski definition) is 0. The van der Waals surface area contributed by atoms with E-state index in [1.165, 1.54) is 7.11 Å². The summed E-state index contributed by atoms with van der Waals surface area (Å²) in [7, 11) is 1.50. The van der Waals surface area contributed by atoms with Gasteiger partial charge in [-0.25, -0.2) is 0 Å². The minimum Gasteiger partial charge on any atom is -0.469 e. The second kappa shape index (κ2) is 9.25. The second-order valence-electron chi connectivity index (χ2n) is 16.1. The molecule has 1 saturated heterocycles. The van der Waals surface area contributed by atoms with Crippen LogP contribution in [0.1, 0.15) is 114 Å². The highest BCUT2D eigenvalue weighted by molar-refractivity contribution is 6.00. The number of carbonyl (C=O) groups excluding carboxylic acids is 3. The molecule has 0 bridgehead atoms. The first-order valence-electron chi connectivity index (χ1n) is 15.2. The van der Waals surface area contributed by atoms with Gasteiger partial charge in [-0.1, -0.05) is 67.9 Å². The zero-order chi connectivity index (χ0) is 30.3. The van der Waals surface area contributed by atoms with Gasteiger partial charge in [0.1, 0.15) is 12.2 Å². The first-order valence-corrected chi connectivity index (χ1v) is 15.2. The van der Waals surface area contributed by atoms with Gasteiger partial charge in [-0.3, -0.25) is 14.4 Å². The number of ketones is 2. The SMILES string of the molecule is COC(=O)[C@]1(CCC(C)(C)[C@]2(C)CC[C@H]3C(C)(C)C(=O)[C@]4(C#N)O[C@@H]4[C@]3(C)/C2=C/C(C)=O)CCC(C)(C)CC1C. The Balaban J connectivity index is 1.75. The molecular formula is C34H51NO5. The zero-order valence-electron chi connectivity index (χ0n) is 26.7. The number of carbonyl (C=O) groups is 3. The lowest BCUT2D eigenvalue weighted by atomic mass is 9.40. The second-order valence-corrected chi connectivity index (χ2v) is 16.1. The highest BCUT2D eigenvalue weighted by Crippen LogP contribution is 2.73. The van der Waals surface area contributed by atoms with Crippen molar-refractivity contribution in [2.45, 2.75) is 126 Å². The Hall–Kier alpha value is -2.00. The minimum atomic E-state index is -1.44. The number of Topliss-reactive ketones (excluding diaryl/α,β-unsaturated/α-hetero) is 1. The van der Waals surface area contributed by atoms with Crippen LogP contribution in [0.5, 0.6) is 0 Å². The summed E-state index contributed by atoms with van der Waals surface area (Å²) in [5.74, 6) is -0.114. The number of epoxide rings is 1. The average Bonchev–Trinajstić information content (AvgIpc) is 3.61. The van der Waals surface area contributed by atoms with Crippen LogP contribution in [0, 0.1) is 55.7 Å². The molecule has 0 N–H and O–H groups in total. The van der Waals surface area contributed by atoms with Crippen LogP contribution in [0.2, 0.25) is 0 Å². The fourth-order valence-corrected chi connectivity index (χ4v) is 9.67. The van der Waals surface area contributed by atoms with Crippen molar-refractivity contribution in [1.82, 2.24) is 0 Å². The van der Waals surface area contributed by atoms with Crippen LogP contribution in [0.25, 0.3) is 0 Å². The Morgan fingerprint density at radius 2 is 1.75 bits per heavy atom. The maximum Gasteiger partial charge on any atom is 0.312 e. The molecule has 4 aliphatic rings. The maximum absolute atomic E-state index is 13.5. The van der Waals surface area contributed by atoms with E-state index in [4.69, 9.17) is 9.47 Å². The van der Waals surface area contributed by atoms with Gasteiger partial charge in [0.05, 0.1) is 12.5 Å². The minimum absolute atomic E-state index is 0.0361. The van der Waals surface area contributed by atoms with Crippen molar-refractivity contribution in [2.24, 2.45) is 44.3 Å². The van der Waals surface area contributed by atoms with Gasteiger partial charge in [0.15, 0.2) is 11.6 Å². The standard InChI is InChI=1S/C34H51NO5/c1-21-19-28(3,4)14-16-33(21,27(38)39-11)17-15-29(5,6)31(9)13-12-23-30(7,8)25(37)34(20-35)26(40-34)32(23,10)24(31)18-22(2)36/h18,21,23,26H,12-17,19H2,1-11H3/b24-18+/t21?,23-,26+,31+,32-,33-,34-/m0/s1. The quantitative estimate of drug-likeness (QED) is 0.199. The number of methoxy groups -OCH3 is 1. The molecule has 0 aromatic heterocycles. The lowest BCUT2D eigenvalue weighted by Crippen LogP contribution is -2.62. The molecule has 1 unspecified atom stereocenters. The van der Waals surface area contributed by atoms with Crippen LogP contribution >= 0.6 is 0 Å².